The van der Waals surface area contributed by atoms with Crippen molar-refractivity contribution in [3.8, 4) is 6.07 Å². The Morgan fingerprint density at radius 1 is 1.18 bits per heavy atom. The molecule has 0 fully saturated rings. The minimum atomic E-state index is -0.505. The van der Waals surface area contributed by atoms with E-state index in [1.807, 2.05) is 0 Å². The van der Waals surface area contributed by atoms with E-state index in [-0.39, 0.29) is 18.2 Å². The Balaban J connectivity index is 1.32. The van der Waals surface area contributed by atoms with Gasteiger partial charge < -0.3 is 4.42 Å². The number of nitriles is 1. The zero-order valence-corrected chi connectivity index (χ0v) is 18.9. The van der Waals surface area contributed by atoms with Crippen molar-refractivity contribution in [2.45, 2.75) is 15.9 Å². The molecule has 0 radical (unpaired) electrons. The summed E-state index contributed by atoms with van der Waals surface area (Å²) in [6, 6.07) is 17.2. The lowest BCUT2D eigenvalue weighted by Gasteiger charge is -2.13. The average Bonchev–Trinajstić information content (AvgIpc) is 3.51. The van der Waals surface area contributed by atoms with Crippen molar-refractivity contribution in [1.29, 1.82) is 5.26 Å². The number of hydrazone groups is 1. The van der Waals surface area contributed by atoms with E-state index in [2.05, 4.69) is 15.5 Å². The van der Waals surface area contributed by atoms with E-state index in [0.29, 0.717) is 27.7 Å². The number of furan rings is 1. The normalized spacial score (nSPS) is 13.0. The van der Waals surface area contributed by atoms with Crippen molar-refractivity contribution in [3.05, 3.63) is 71.5 Å². The van der Waals surface area contributed by atoms with Gasteiger partial charge in [0.2, 0.25) is 0 Å². The summed E-state index contributed by atoms with van der Waals surface area (Å²) in [5.74, 6) is -0.760. The van der Waals surface area contributed by atoms with Crippen molar-refractivity contribution in [2.75, 3.05) is 4.90 Å². The highest BCUT2D eigenvalue weighted by Crippen LogP contribution is 2.37. The molecule has 0 atom stereocenters. The summed E-state index contributed by atoms with van der Waals surface area (Å²) >= 11 is 2.72. The van der Waals surface area contributed by atoms with Crippen molar-refractivity contribution in [1.82, 2.24) is 10.4 Å². The monoisotopic (exact) mass is 487 g/mol. The molecule has 0 bridgehead atoms. The molecular weight excluding hydrogens is 474 g/mol. The van der Waals surface area contributed by atoms with Crippen LogP contribution in [0.1, 0.15) is 32.9 Å². The van der Waals surface area contributed by atoms with Gasteiger partial charge in [-0.05, 0) is 54.2 Å². The van der Waals surface area contributed by atoms with E-state index in [9.17, 15) is 14.4 Å². The molecule has 166 valence electrons. The number of fused-ring (bicyclic) bond motifs is 2. The van der Waals surface area contributed by atoms with Crippen LogP contribution in [0.4, 0.5) is 5.69 Å². The summed E-state index contributed by atoms with van der Waals surface area (Å²) < 4.78 is 7.20. The predicted molar refractivity (Wildman–Crippen MR) is 126 cm³/mol. The molecule has 34 heavy (non-hydrogen) atoms. The van der Waals surface area contributed by atoms with Gasteiger partial charge in [-0.1, -0.05) is 12.1 Å². The van der Waals surface area contributed by atoms with Crippen molar-refractivity contribution in [3.63, 3.8) is 0 Å². The average molecular weight is 488 g/mol. The van der Waals surface area contributed by atoms with E-state index in [0.717, 1.165) is 14.6 Å². The van der Waals surface area contributed by atoms with Gasteiger partial charge in [0.25, 0.3) is 17.7 Å². The van der Waals surface area contributed by atoms with Crippen LogP contribution < -0.4 is 10.3 Å². The topological polar surface area (TPSA) is 129 Å². The third-order valence-electron chi connectivity index (χ3n) is 4.82. The molecule has 9 nitrogen and oxygen atoms in total. The van der Waals surface area contributed by atoms with E-state index in [4.69, 9.17) is 9.68 Å². The SMILES string of the molecule is N#CCC(=O)N/N=C\c1ccc(Sc2nc3ccc(N4C(=O)c5ccccc5C4=O)cc3s2)o1. The second-order valence-corrected chi connectivity index (χ2v) is 9.29. The van der Waals surface area contributed by atoms with Gasteiger partial charge in [0, 0.05) is 0 Å². The molecule has 11 heteroatoms. The first-order chi connectivity index (χ1) is 16.5. The molecule has 4 aromatic rings. The third kappa shape index (κ3) is 4.07. The van der Waals surface area contributed by atoms with Gasteiger partial charge >= 0.3 is 0 Å². The molecule has 5 rings (SSSR count). The zero-order chi connectivity index (χ0) is 23.7. The molecule has 0 unspecified atom stereocenters. The molecule has 3 amide bonds. The van der Waals surface area contributed by atoms with Crippen LogP contribution in [-0.4, -0.2) is 28.9 Å². The smallest absolute Gasteiger partial charge is 0.266 e. The van der Waals surface area contributed by atoms with Gasteiger partial charge in [-0.25, -0.2) is 15.3 Å². The number of hydrogen-bond acceptors (Lipinski definition) is 9. The minimum absolute atomic E-state index is 0.275. The fraction of sp³-hybridized carbons (Fsp3) is 0.0435. The molecule has 0 saturated heterocycles. The molecule has 0 spiro atoms. The summed E-state index contributed by atoms with van der Waals surface area (Å²) in [6.45, 7) is 0. The lowest BCUT2D eigenvalue weighted by molar-refractivity contribution is -0.120. The number of nitrogens with zero attached hydrogens (tertiary/aromatic N) is 4. The van der Waals surface area contributed by atoms with Crippen LogP contribution >= 0.6 is 23.1 Å². The van der Waals surface area contributed by atoms with Crippen molar-refractivity contribution < 1.29 is 18.8 Å². The maximum atomic E-state index is 12.8. The Kier molecular flexibility index (Phi) is 5.67. The first-order valence-corrected chi connectivity index (χ1v) is 11.5. The van der Waals surface area contributed by atoms with Crippen LogP contribution in [0.3, 0.4) is 0 Å². The van der Waals surface area contributed by atoms with Crippen LogP contribution in [0.25, 0.3) is 10.2 Å². The van der Waals surface area contributed by atoms with Gasteiger partial charge in [-0.2, -0.15) is 10.4 Å². The van der Waals surface area contributed by atoms with Gasteiger partial charge in [-0.15, -0.1) is 11.3 Å². The lowest BCUT2D eigenvalue weighted by atomic mass is 10.1. The van der Waals surface area contributed by atoms with Crippen LogP contribution in [0.5, 0.6) is 0 Å². The predicted octanol–water partition coefficient (Wildman–Crippen LogP) is 4.20. The Morgan fingerprint density at radius 3 is 2.68 bits per heavy atom. The molecule has 2 aromatic heterocycles. The second-order valence-electron chi connectivity index (χ2n) is 7.01. The number of anilines is 1. The van der Waals surface area contributed by atoms with Gasteiger partial charge in [0.1, 0.15) is 12.2 Å². The lowest BCUT2D eigenvalue weighted by Crippen LogP contribution is -2.29. The molecule has 3 heterocycles. The molecule has 0 aliphatic carbocycles. The number of carbonyl (C=O) groups excluding carboxylic acids is 3. The van der Waals surface area contributed by atoms with Gasteiger partial charge in [0.15, 0.2) is 9.43 Å². The van der Waals surface area contributed by atoms with Crippen molar-refractivity contribution >= 4 is 62.9 Å². The summed E-state index contributed by atoms with van der Waals surface area (Å²) in [4.78, 5) is 42.5. The number of nitrogens with one attached hydrogen (secondary N) is 1. The first-order valence-electron chi connectivity index (χ1n) is 9.88. The van der Waals surface area contributed by atoms with Crippen LogP contribution in [0.2, 0.25) is 0 Å². The number of rotatable bonds is 6. The van der Waals surface area contributed by atoms with E-state index in [1.165, 1.54) is 34.2 Å². The minimum Gasteiger partial charge on any atom is -0.448 e. The van der Waals surface area contributed by atoms with Crippen LogP contribution in [-0.2, 0) is 4.79 Å². The van der Waals surface area contributed by atoms with Crippen molar-refractivity contribution in [2.24, 2.45) is 5.10 Å². The quantitative estimate of drug-likeness (QED) is 0.245. The molecule has 1 aliphatic rings. The van der Waals surface area contributed by atoms with E-state index < -0.39 is 5.91 Å². The number of hydrogen-bond donors (Lipinski definition) is 1. The molecule has 0 saturated carbocycles. The number of thiazole rings is 1. The Bertz CT molecular complexity index is 1500. The summed E-state index contributed by atoms with van der Waals surface area (Å²) in [6.07, 6.45) is 1.06. The highest BCUT2D eigenvalue weighted by atomic mass is 32.2. The maximum absolute atomic E-state index is 12.8. The Morgan fingerprint density at radius 2 is 1.94 bits per heavy atom. The number of imide groups is 1. The Hall–Kier alpha value is -4.27. The highest BCUT2D eigenvalue weighted by molar-refractivity contribution is 8.01. The number of amides is 3. The molecule has 2 aromatic carbocycles. The standard InChI is InChI=1S/C23H13N5O4S2/c24-10-9-19(29)27-25-12-14-6-8-20(32-14)34-23-26-17-7-5-13(11-18(17)33-23)28-21(30)15-3-1-2-4-16(15)22(28)31/h1-8,11-12H,9H2,(H,27,29)/b25-12-. The highest BCUT2D eigenvalue weighted by Gasteiger charge is 2.36. The fourth-order valence-electron chi connectivity index (χ4n) is 3.32. The summed E-state index contributed by atoms with van der Waals surface area (Å²) in [5.41, 5.74) is 4.26. The second kappa shape index (κ2) is 8.93. The largest absolute Gasteiger partial charge is 0.448 e. The number of carbonyl (C=O) groups is 3. The van der Waals surface area contributed by atoms with Gasteiger partial charge in [-0.3, -0.25) is 14.4 Å². The Labute approximate surface area is 200 Å². The molecular formula is C23H13N5O4S2. The van der Waals surface area contributed by atoms with Crippen LogP contribution in [0.15, 0.2) is 73.5 Å². The van der Waals surface area contributed by atoms with E-state index >= 15 is 0 Å². The summed E-state index contributed by atoms with van der Waals surface area (Å²) in [7, 11) is 0. The maximum Gasteiger partial charge on any atom is 0.266 e. The van der Waals surface area contributed by atoms with E-state index in [1.54, 1.807) is 60.7 Å². The zero-order valence-electron chi connectivity index (χ0n) is 17.2. The number of aromatic nitrogens is 1. The number of benzene rings is 2. The van der Waals surface area contributed by atoms with Crippen LogP contribution in [0, 0.1) is 11.3 Å². The fourth-order valence-corrected chi connectivity index (χ4v) is 5.33. The molecule has 1 N–H and O–H groups in total. The third-order valence-corrected chi connectivity index (χ3v) is 6.81. The molecule has 1 aliphatic heterocycles. The summed E-state index contributed by atoms with van der Waals surface area (Å²) in [5, 5.41) is 12.8. The van der Waals surface area contributed by atoms with Gasteiger partial charge in [0.05, 0.1) is 39.3 Å². The first kappa shape index (κ1) is 21.6.